The lowest BCUT2D eigenvalue weighted by molar-refractivity contribution is -0.132. The normalized spacial score (nSPS) is 14.8. The highest BCUT2D eigenvalue weighted by Crippen LogP contribution is 2.07. The van der Waals surface area contributed by atoms with Crippen molar-refractivity contribution in [1.29, 1.82) is 0 Å². The summed E-state index contributed by atoms with van der Waals surface area (Å²) in [4.78, 5) is 32.8. The molecule has 2 amide bonds. The Hall–Kier alpha value is -2.73. The fraction of sp³-hybridized carbons (Fsp3) is 0.350. The van der Waals surface area contributed by atoms with Crippen LogP contribution in [0.2, 0.25) is 0 Å². The fourth-order valence-electron chi connectivity index (χ4n) is 3.01. The number of amides is 2. The van der Waals surface area contributed by atoms with Crippen LogP contribution < -0.4 is 5.32 Å². The van der Waals surface area contributed by atoms with Crippen LogP contribution in [0, 0.1) is 0 Å². The van der Waals surface area contributed by atoms with Crippen LogP contribution in [-0.2, 0) is 11.3 Å². The van der Waals surface area contributed by atoms with Gasteiger partial charge in [0.25, 0.3) is 5.91 Å². The monoisotopic (exact) mass is 352 g/mol. The number of hydrogen-bond donors (Lipinski definition) is 1. The Morgan fingerprint density at radius 2 is 1.69 bits per heavy atom. The predicted molar refractivity (Wildman–Crippen MR) is 99.5 cm³/mol. The smallest absolute Gasteiger partial charge is 0.251 e. The number of piperazine rings is 1. The maximum absolute atomic E-state index is 12.3. The van der Waals surface area contributed by atoms with Gasteiger partial charge in [-0.1, -0.05) is 24.3 Å². The van der Waals surface area contributed by atoms with Crippen molar-refractivity contribution in [2.75, 3.05) is 32.7 Å². The van der Waals surface area contributed by atoms with Crippen LogP contribution in [0.25, 0.3) is 0 Å². The van der Waals surface area contributed by atoms with Crippen LogP contribution >= 0.6 is 0 Å². The van der Waals surface area contributed by atoms with Crippen molar-refractivity contribution in [3.63, 3.8) is 0 Å². The third-order valence-electron chi connectivity index (χ3n) is 4.50. The van der Waals surface area contributed by atoms with Gasteiger partial charge < -0.3 is 10.2 Å². The summed E-state index contributed by atoms with van der Waals surface area (Å²) < 4.78 is 0. The van der Waals surface area contributed by atoms with Gasteiger partial charge in [-0.05, 0) is 24.3 Å². The molecule has 2 heterocycles. The Morgan fingerprint density at radius 1 is 0.962 bits per heavy atom. The van der Waals surface area contributed by atoms with Crippen LogP contribution in [-0.4, -0.2) is 59.3 Å². The number of benzene rings is 1. The van der Waals surface area contributed by atoms with E-state index in [0.29, 0.717) is 18.5 Å². The largest absolute Gasteiger partial charge is 0.352 e. The molecule has 136 valence electrons. The van der Waals surface area contributed by atoms with E-state index in [0.717, 1.165) is 38.4 Å². The average Bonchev–Trinajstić information content (AvgIpc) is 2.70. The first-order chi connectivity index (χ1) is 12.7. The molecule has 0 spiro atoms. The number of carbonyl (C=O) groups excluding carboxylic acids is 2. The van der Waals surface area contributed by atoms with Crippen LogP contribution in [0.5, 0.6) is 0 Å². The maximum atomic E-state index is 12.3. The zero-order chi connectivity index (χ0) is 18.2. The van der Waals surface area contributed by atoms with E-state index in [4.69, 9.17) is 0 Å². The van der Waals surface area contributed by atoms with E-state index < -0.39 is 0 Å². The lowest BCUT2D eigenvalue weighted by atomic mass is 10.2. The molecule has 0 aliphatic carbocycles. The first-order valence-electron chi connectivity index (χ1n) is 8.95. The van der Waals surface area contributed by atoms with Gasteiger partial charge in [0.2, 0.25) is 5.91 Å². The molecule has 26 heavy (non-hydrogen) atoms. The summed E-state index contributed by atoms with van der Waals surface area (Å²) in [7, 11) is 0. The Labute approximate surface area is 153 Å². The molecule has 1 fully saturated rings. The molecule has 0 radical (unpaired) electrons. The topological polar surface area (TPSA) is 65.5 Å². The highest BCUT2D eigenvalue weighted by atomic mass is 16.2. The Kier molecular flexibility index (Phi) is 6.33. The minimum atomic E-state index is -0.140. The van der Waals surface area contributed by atoms with Crippen molar-refractivity contribution in [1.82, 2.24) is 20.1 Å². The van der Waals surface area contributed by atoms with Gasteiger partial charge in [-0.15, -0.1) is 0 Å². The van der Waals surface area contributed by atoms with Gasteiger partial charge in [0.15, 0.2) is 0 Å². The zero-order valence-corrected chi connectivity index (χ0v) is 14.8. The van der Waals surface area contributed by atoms with Gasteiger partial charge in [0, 0.05) is 57.4 Å². The van der Waals surface area contributed by atoms with Crippen LogP contribution in [0.1, 0.15) is 22.5 Å². The van der Waals surface area contributed by atoms with Gasteiger partial charge in [-0.3, -0.25) is 19.5 Å². The molecule has 1 aromatic carbocycles. The second-order valence-corrected chi connectivity index (χ2v) is 6.35. The molecule has 6 nitrogen and oxygen atoms in total. The van der Waals surface area contributed by atoms with E-state index in [-0.39, 0.29) is 11.8 Å². The molecule has 0 bridgehead atoms. The highest BCUT2D eigenvalue weighted by Gasteiger charge is 2.21. The molecule has 1 N–H and O–H groups in total. The van der Waals surface area contributed by atoms with Crippen LogP contribution in [0.4, 0.5) is 0 Å². The van der Waals surface area contributed by atoms with E-state index >= 15 is 0 Å². The van der Waals surface area contributed by atoms with Gasteiger partial charge in [0.1, 0.15) is 0 Å². The molecule has 1 aliphatic heterocycles. The van der Waals surface area contributed by atoms with Crippen molar-refractivity contribution in [3.05, 3.63) is 66.0 Å². The number of aromatic nitrogens is 1. The fourth-order valence-corrected chi connectivity index (χ4v) is 3.01. The first-order valence-corrected chi connectivity index (χ1v) is 8.95. The molecule has 1 aromatic heterocycles. The first kappa shape index (κ1) is 18.1. The number of hydrogen-bond acceptors (Lipinski definition) is 4. The van der Waals surface area contributed by atoms with Gasteiger partial charge in [0.05, 0.1) is 5.69 Å². The van der Waals surface area contributed by atoms with Crippen molar-refractivity contribution in [3.8, 4) is 0 Å². The summed E-state index contributed by atoms with van der Waals surface area (Å²) in [6.07, 6.45) is 2.14. The summed E-state index contributed by atoms with van der Waals surface area (Å²) >= 11 is 0. The van der Waals surface area contributed by atoms with Crippen molar-refractivity contribution < 1.29 is 9.59 Å². The molecule has 1 aliphatic rings. The summed E-state index contributed by atoms with van der Waals surface area (Å²) in [6.45, 7) is 4.31. The zero-order valence-electron chi connectivity index (χ0n) is 14.8. The van der Waals surface area contributed by atoms with E-state index in [1.54, 1.807) is 18.3 Å². The SMILES string of the molecule is O=C(NCCC(=O)N1CCN(Cc2ccccn2)CC1)c1ccccc1. The second-order valence-electron chi connectivity index (χ2n) is 6.35. The minimum absolute atomic E-state index is 0.0934. The number of rotatable bonds is 6. The molecule has 2 aromatic rings. The van der Waals surface area contributed by atoms with Crippen molar-refractivity contribution in [2.45, 2.75) is 13.0 Å². The Bertz CT molecular complexity index is 713. The summed E-state index contributed by atoms with van der Waals surface area (Å²) in [5, 5.41) is 2.81. The third kappa shape index (κ3) is 5.13. The van der Waals surface area contributed by atoms with Gasteiger partial charge in [-0.2, -0.15) is 0 Å². The van der Waals surface area contributed by atoms with Crippen molar-refractivity contribution >= 4 is 11.8 Å². The molecule has 3 rings (SSSR count). The predicted octanol–water partition coefficient (Wildman–Crippen LogP) is 1.55. The molecule has 0 unspecified atom stereocenters. The second kappa shape index (κ2) is 9.10. The number of nitrogens with zero attached hydrogens (tertiary/aromatic N) is 3. The molecule has 0 atom stereocenters. The highest BCUT2D eigenvalue weighted by molar-refractivity contribution is 5.94. The molecular weight excluding hydrogens is 328 g/mol. The van der Waals surface area contributed by atoms with Crippen molar-refractivity contribution in [2.24, 2.45) is 0 Å². The van der Waals surface area contributed by atoms with Gasteiger partial charge in [-0.25, -0.2) is 0 Å². The van der Waals surface area contributed by atoms with E-state index in [2.05, 4.69) is 15.2 Å². The maximum Gasteiger partial charge on any atom is 0.251 e. The quantitative estimate of drug-likeness (QED) is 0.857. The van der Waals surface area contributed by atoms with E-state index in [9.17, 15) is 9.59 Å². The third-order valence-corrected chi connectivity index (χ3v) is 4.50. The number of pyridine rings is 1. The molecule has 6 heteroatoms. The molecule has 1 saturated heterocycles. The average molecular weight is 352 g/mol. The standard InChI is InChI=1S/C20H24N4O2/c25-19(9-11-22-20(26)17-6-2-1-3-7-17)24-14-12-23(13-15-24)16-18-8-4-5-10-21-18/h1-8,10H,9,11-16H2,(H,22,26). The van der Waals surface area contributed by atoms with Crippen LogP contribution in [0.3, 0.4) is 0 Å². The summed E-state index contributed by atoms with van der Waals surface area (Å²) in [5.74, 6) is -0.0468. The van der Waals surface area contributed by atoms with Crippen LogP contribution in [0.15, 0.2) is 54.7 Å². The number of carbonyl (C=O) groups is 2. The Morgan fingerprint density at radius 3 is 2.38 bits per heavy atom. The Balaban J connectivity index is 1.36. The molecule has 0 saturated carbocycles. The van der Waals surface area contributed by atoms with Gasteiger partial charge >= 0.3 is 0 Å². The summed E-state index contributed by atoms with van der Waals surface area (Å²) in [6, 6.07) is 15.0. The lowest BCUT2D eigenvalue weighted by Crippen LogP contribution is -2.48. The minimum Gasteiger partial charge on any atom is -0.352 e. The van der Waals surface area contributed by atoms with E-state index in [1.807, 2.05) is 41.3 Å². The number of nitrogens with one attached hydrogen (secondary N) is 1. The summed E-state index contributed by atoms with van der Waals surface area (Å²) in [5.41, 5.74) is 1.67. The lowest BCUT2D eigenvalue weighted by Gasteiger charge is -2.34. The molecular formula is C20H24N4O2. The van der Waals surface area contributed by atoms with E-state index in [1.165, 1.54) is 0 Å².